The summed E-state index contributed by atoms with van der Waals surface area (Å²) in [4.78, 5) is 35.5. The third-order valence-corrected chi connectivity index (χ3v) is 11.9. The van der Waals surface area contributed by atoms with E-state index in [1.54, 1.807) is 79.2 Å². The average Bonchev–Trinajstić information content (AvgIpc) is 3.36. The highest BCUT2D eigenvalue weighted by molar-refractivity contribution is 6.37. The number of carbonyl (C=O) groups excluding carboxylic acids is 2. The van der Waals surface area contributed by atoms with Crippen LogP contribution in [-0.4, -0.2) is 37.6 Å². The summed E-state index contributed by atoms with van der Waals surface area (Å²) in [5.41, 5.74) is 4.01. The van der Waals surface area contributed by atoms with Crippen molar-refractivity contribution in [2.75, 3.05) is 13.2 Å². The van der Waals surface area contributed by atoms with Gasteiger partial charge in [-0.2, -0.15) is 0 Å². The third-order valence-electron chi connectivity index (χ3n) is 11.5. The van der Waals surface area contributed by atoms with Crippen LogP contribution in [0.15, 0.2) is 137 Å². The molecule has 67 heavy (non-hydrogen) atoms. The van der Waals surface area contributed by atoms with E-state index in [1.165, 1.54) is 89.9 Å². The normalized spacial score (nSPS) is 11.4. The molecule has 350 valence electrons. The Morgan fingerprint density at radius 2 is 0.866 bits per heavy atom. The number of fused-ring (bicyclic) bond motifs is 1. The van der Waals surface area contributed by atoms with Gasteiger partial charge in [-0.25, -0.2) is 9.59 Å². The summed E-state index contributed by atoms with van der Waals surface area (Å²) in [5.74, 6) is 1.09. The summed E-state index contributed by atoms with van der Waals surface area (Å²) in [6, 6.07) is 38.1. The summed E-state index contributed by atoms with van der Waals surface area (Å²) < 4.78 is 23.3. The molecule has 0 N–H and O–H groups in total. The van der Waals surface area contributed by atoms with Crippen molar-refractivity contribution >= 4 is 58.1 Å². The van der Waals surface area contributed by atoms with Crippen LogP contribution in [0.2, 0.25) is 5.02 Å². The Bertz CT molecular complexity index is 2480. The van der Waals surface area contributed by atoms with E-state index in [1.807, 2.05) is 60.7 Å². The van der Waals surface area contributed by atoms with Crippen molar-refractivity contribution < 1.29 is 28.5 Å². The zero-order valence-corrected chi connectivity index (χ0v) is 40.0. The van der Waals surface area contributed by atoms with Crippen molar-refractivity contribution in [3.63, 3.8) is 0 Å². The van der Waals surface area contributed by atoms with E-state index in [-0.39, 0.29) is 10.8 Å². The minimum Gasteiger partial charge on any atom is -0.494 e. The van der Waals surface area contributed by atoms with Crippen molar-refractivity contribution in [3.8, 4) is 23.0 Å². The van der Waals surface area contributed by atoms with Crippen LogP contribution in [0.5, 0.6) is 23.0 Å². The van der Waals surface area contributed by atoms with E-state index in [2.05, 4.69) is 23.8 Å². The summed E-state index contributed by atoms with van der Waals surface area (Å²) in [6.07, 6.45) is 23.8. The van der Waals surface area contributed by atoms with Crippen LogP contribution in [-0.2, 0) is 0 Å². The Balaban J connectivity index is 0.937. The molecular formula is C58H65ClN2O6. The topological polar surface area (TPSA) is 95.8 Å². The molecule has 0 saturated carbocycles. The molecule has 6 aromatic carbocycles. The molecular weight excluding hydrogens is 856 g/mol. The second kappa shape index (κ2) is 28.0. The lowest BCUT2D eigenvalue weighted by Crippen LogP contribution is -2.09. The van der Waals surface area contributed by atoms with Gasteiger partial charge < -0.3 is 18.9 Å². The Kier molecular flexibility index (Phi) is 21.0. The molecule has 0 amide bonds. The summed E-state index contributed by atoms with van der Waals surface area (Å²) in [5, 5.41) is 1.59. The zero-order valence-electron chi connectivity index (χ0n) is 39.2. The van der Waals surface area contributed by atoms with Gasteiger partial charge in [0.1, 0.15) is 23.0 Å². The number of carbonyl (C=O) groups is 2. The van der Waals surface area contributed by atoms with Crippen LogP contribution >= 0.6 is 11.6 Å². The maximum absolute atomic E-state index is 13.2. The maximum atomic E-state index is 13.2. The Hall–Kier alpha value is -6.25. The molecule has 0 aliphatic heterocycles. The number of nitrogens with zero attached hydrogens (tertiary/aromatic N) is 2. The molecule has 0 bridgehead atoms. The number of hydrogen-bond acceptors (Lipinski definition) is 8. The third kappa shape index (κ3) is 17.2. The Morgan fingerprint density at radius 3 is 1.33 bits per heavy atom. The van der Waals surface area contributed by atoms with E-state index in [0.29, 0.717) is 22.3 Å². The molecule has 0 heterocycles. The fourth-order valence-electron chi connectivity index (χ4n) is 7.53. The lowest BCUT2D eigenvalue weighted by molar-refractivity contribution is 0.0726. The van der Waals surface area contributed by atoms with Crippen molar-refractivity contribution in [1.82, 2.24) is 0 Å². The number of benzene rings is 6. The molecule has 0 aliphatic carbocycles. The van der Waals surface area contributed by atoms with Gasteiger partial charge in [0.15, 0.2) is 0 Å². The zero-order chi connectivity index (χ0) is 46.9. The van der Waals surface area contributed by atoms with E-state index >= 15 is 0 Å². The summed E-state index contributed by atoms with van der Waals surface area (Å²) in [6.45, 7) is 5.94. The van der Waals surface area contributed by atoms with Gasteiger partial charge in [-0.3, -0.25) is 9.98 Å². The van der Waals surface area contributed by atoms with Gasteiger partial charge in [0.25, 0.3) is 0 Å². The number of rotatable bonds is 28. The first-order chi connectivity index (χ1) is 32.9. The number of esters is 2. The predicted octanol–water partition coefficient (Wildman–Crippen LogP) is 16.5. The lowest BCUT2D eigenvalue weighted by Gasteiger charge is -2.11. The van der Waals surface area contributed by atoms with Gasteiger partial charge in [0, 0.05) is 17.8 Å². The molecule has 0 spiro atoms. The first kappa shape index (κ1) is 50.2. The Labute approximate surface area is 402 Å². The Morgan fingerprint density at radius 1 is 0.463 bits per heavy atom. The smallest absolute Gasteiger partial charge is 0.343 e. The lowest BCUT2D eigenvalue weighted by atomic mass is 10.1. The molecule has 6 rings (SSSR count). The predicted molar refractivity (Wildman–Crippen MR) is 275 cm³/mol. The van der Waals surface area contributed by atoms with Crippen LogP contribution in [0.4, 0.5) is 11.4 Å². The highest BCUT2D eigenvalue weighted by Gasteiger charge is 2.15. The number of ether oxygens (including phenoxy) is 4. The second-order valence-corrected chi connectivity index (χ2v) is 17.3. The number of halogens is 1. The molecule has 0 unspecified atom stereocenters. The molecule has 8 nitrogen and oxygen atoms in total. The quantitative estimate of drug-likeness (QED) is 0.0210. The monoisotopic (exact) mass is 920 g/mol. The van der Waals surface area contributed by atoms with Crippen molar-refractivity contribution in [2.24, 2.45) is 9.98 Å². The largest absolute Gasteiger partial charge is 0.494 e. The highest BCUT2D eigenvalue weighted by atomic mass is 35.5. The number of hydrogen-bond donors (Lipinski definition) is 0. The van der Waals surface area contributed by atoms with Crippen molar-refractivity contribution in [3.05, 3.63) is 155 Å². The van der Waals surface area contributed by atoms with Crippen molar-refractivity contribution in [2.45, 2.75) is 117 Å². The first-order valence-electron chi connectivity index (χ1n) is 24.3. The van der Waals surface area contributed by atoms with E-state index in [4.69, 9.17) is 30.5 Å². The highest BCUT2D eigenvalue weighted by Crippen LogP contribution is 2.35. The fourth-order valence-corrected chi connectivity index (χ4v) is 7.79. The van der Waals surface area contributed by atoms with E-state index in [9.17, 15) is 9.59 Å². The van der Waals surface area contributed by atoms with Gasteiger partial charge in [-0.05, 0) is 120 Å². The SMILES string of the molecule is CCCCCCCCCCOc1ccc(N=Cc2ccc(C(=O)Oc3ccc4ccc(OC(=O)c5ccc(C=Nc6ccc(OCCCCCCCCCC)cc6)cc5)c(Cl)c4c3)cc2)cc1. The molecule has 0 fully saturated rings. The van der Waals surface area contributed by atoms with E-state index in [0.717, 1.165) is 65.4 Å². The number of aliphatic imine (C=N–C) groups is 2. The molecule has 0 atom stereocenters. The van der Waals surface area contributed by atoms with Gasteiger partial charge >= 0.3 is 11.9 Å². The molecule has 6 aromatic rings. The number of unbranched alkanes of at least 4 members (excludes halogenated alkanes) is 14. The standard InChI is InChI=1S/C58H65ClN2O6/c1-3-5-7-9-11-13-15-17-39-64-51-34-29-49(30-35-51)60-42-44-19-23-47(24-20-44)57(62)66-53-33-27-46-28-38-55(56(59)54(46)41-53)67-58(63)48-25-21-45(22-26-48)43-61-50-31-36-52(37-32-50)65-40-18-16-14-12-10-8-6-4-2/h19-38,41-43H,3-18,39-40H2,1-2H3. The van der Waals surface area contributed by atoms with Crippen LogP contribution in [0.3, 0.4) is 0 Å². The van der Waals surface area contributed by atoms with Crippen LogP contribution in [0.25, 0.3) is 10.8 Å². The van der Waals surface area contributed by atoms with Crippen LogP contribution in [0.1, 0.15) is 148 Å². The maximum Gasteiger partial charge on any atom is 0.343 e. The molecule has 0 saturated heterocycles. The molecule has 0 aromatic heterocycles. The molecule has 0 aliphatic rings. The van der Waals surface area contributed by atoms with Crippen molar-refractivity contribution in [1.29, 1.82) is 0 Å². The summed E-state index contributed by atoms with van der Waals surface area (Å²) >= 11 is 6.78. The summed E-state index contributed by atoms with van der Waals surface area (Å²) in [7, 11) is 0. The van der Waals surface area contributed by atoms with E-state index < -0.39 is 11.9 Å². The van der Waals surface area contributed by atoms with Gasteiger partial charge in [0.2, 0.25) is 0 Å². The second-order valence-electron chi connectivity index (χ2n) is 16.9. The van der Waals surface area contributed by atoms with Crippen LogP contribution < -0.4 is 18.9 Å². The molecule has 0 radical (unpaired) electrons. The minimum absolute atomic E-state index is 0.189. The van der Waals surface area contributed by atoms with Crippen LogP contribution in [0, 0.1) is 0 Å². The van der Waals surface area contributed by atoms with Gasteiger partial charge in [0.05, 0.1) is 40.7 Å². The molecule has 9 heteroatoms. The van der Waals surface area contributed by atoms with Gasteiger partial charge in [-0.15, -0.1) is 0 Å². The average molecular weight is 922 g/mol. The first-order valence-corrected chi connectivity index (χ1v) is 24.7. The fraction of sp³-hybridized carbons (Fsp3) is 0.345. The minimum atomic E-state index is -0.560. The van der Waals surface area contributed by atoms with Gasteiger partial charge in [-0.1, -0.05) is 152 Å².